The zero-order chi connectivity index (χ0) is 12.3. The van der Waals surface area contributed by atoms with E-state index < -0.39 is 0 Å². The largest absolute Gasteiger partial charge is 0.330 e. The Bertz CT molecular complexity index is 331. The maximum atomic E-state index is 5.81. The standard InChI is InChI=1S/C16H24N/c1-12(2)16-10-14(11-17)9-15(16)8-13-6-4-3-5-7-13/h3-7,12,15-16H,8-11,17H2,1-2H3. The molecule has 1 saturated carbocycles. The molecule has 93 valence electrons. The Kier molecular flexibility index (Phi) is 4.22. The summed E-state index contributed by atoms with van der Waals surface area (Å²) in [5, 5.41) is 0. The van der Waals surface area contributed by atoms with Crippen molar-refractivity contribution in [1.82, 2.24) is 0 Å². The number of benzene rings is 1. The summed E-state index contributed by atoms with van der Waals surface area (Å²) in [6.07, 6.45) is 3.72. The molecule has 2 unspecified atom stereocenters. The van der Waals surface area contributed by atoms with E-state index in [2.05, 4.69) is 44.2 Å². The molecule has 1 aromatic rings. The lowest BCUT2D eigenvalue weighted by molar-refractivity contribution is 0.294. The molecule has 2 atom stereocenters. The molecule has 0 bridgehead atoms. The first-order chi connectivity index (χ1) is 8.20. The van der Waals surface area contributed by atoms with E-state index in [4.69, 9.17) is 5.73 Å². The number of nitrogens with two attached hydrogens (primary N) is 1. The van der Waals surface area contributed by atoms with Crippen molar-refractivity contribution >= 4 is 0 Å². The zero-order valence-electron chi connectivity index (χ0n) is 11.0. The van der Waals surface area contributed by atoms with E-state index in [1.54, 1.807) is 5.92 Å². The van der Waals surface area contributed by atoms with Gasteiger partial charge in [0.15, 0.2) is 0 Å². The lowest BCUT2D eigenvalue weighted by Gasteiger charge is -2.23. The van der Waals surface area contributed by atoms with Gasteiger partial charge in [-0.1, -0.05) is 44.2 Å². The van der Waals surface area contributed by atoms with Gasteiger partial charge in [-0.3, -0.25) is 0 Å². The monoisotopic (exact) mass is 230 g/mol. The summed E-state index contributed by atoms with van der Waals surface area (Å²) in [5.41, 5.74) is 7.29. The van der Waals surface area contributed by atoms with E-state index in [0.29, 0.717) is 0 Å². The third kappa shape index (κ3) is 3.10. The molecule has 0 heterocycles. The SMILES string of the molecule is CC(C)C1C[C](CN)CC1Cc1ccccc1. The second kappa shape index (κ2) is 5.68. The third-order valence-corrected chi connectivity index (χ3v) is 4.17. The van der Waals surface area contributed by atoms with Crippen molar-refractivity contribution in [2.75, 3.05) is 6.54 Å². The van der Waals surface area contributed by atoms with Crippen LogP contribution in [0.2, 0.25) is 0 Å². The van der Waals surface area contributed by atoms with Crippen LogP contribution in [0, 0.1) is 23.7 Å². The van der Waals surface area contributed by atoms with Gasteiger partial charge in [0.05, 0.1) is 0 Å². The molecule has 0 saturated heterocycles. The Hall–Kier alpha value is -0.820. The van der Waals surface area contributed by atoms with Gasteiger partial charge >= 0.3 is 0 Å². The third-order valence-electron chi connectivity index (χ3n) is 4.17. The van der Waals surface area contributed by atoms with Gasteiger partial charge in [0.25, 0.3) is 0 Å². The highest BCUT2D eigenvalue weighted by Gasteiger charge is 2.35. The first-order valence-electron chi connectivity index (χ1n) is 6.78. The van der Waals surface area contributed by atoms with Crippen LogP contribution in [0.15, 0.2) is 30.3 Å². The highest BCUT2D eigenvalue weighted by molar-refractivity contribution is 5.17. The molecule has 1 heteroatoms. The van der Waals surface area contributed by atoms with Crippen LogP contribution < -0.4 is 5.73 Å². The lowest BCUT2D eigenvalue weighted by atomic mass is 9.82. The minimum absolute atomic E-state index is 0.771. The number of rotatable bonds is 4. The number of hydrogen-bond acceptors (Lipinski definition) is 1. The molecular weight excluding hydrogens is 206 g/mol. The van der Waals surface area contributed by atoms with Crippen molar-refractivity contribution in [2.45, 2.75) is 33.1 Å². The van der Waals surface area contributed by atoms with Crippen molar-refractivity contribution in [3.8, 4) is 0 Å². The Labute approximate surface area is 105 Å². The first kappa shape index (κ1) is 12.6. The van der Waals surface area contributed by atoms with Gasteiger partial charge in [0.2, 0.25) is 0 Å². The van der Waals surface area contributed by atoms with E-state index in [1.165, 1.54) is 24.8 Å². The van der Waals surface area contributed by atoms with E-state index in [0.717, 1.165) is 24.3 Å². The van der Waals surface area contributed by atoms with Crippen molar-refractivity contribution < 1.29 is 0 Å². The van der Waals surface area contributed by atoms with Crippen LogP contribution in [0.5, 0.6) is 0 Å². The topological polar surface area (TPSA) is 26.0 Å². The van der Waals surface area contributed by atoms with Crippen LogP contribution in [0.25, 0.3) is 0 Å². The quantitative estimate of drug-likeness (QED) is 0.842. The summed E-state index contributed by atoms with van der Waals surface area (Å²) < 4.78 is 0. The van der Waals surface area contributed by atoms with Crippen LogP contribution >= 0.6 is 0 Å². The molecule has 1 aromatic carbocycles. The molecule has 2 N–H and O–H groups in total. The fourth-order valence-corrected chi connectivity index (χ4v) is 3.19. The highest BCUT2D eigenvalue weighted by atomic mass is 14.6. The predicted molar refractivity (Wildman–Crippen MR) is 73.5 cm³/mol. The van der Waals surface area contributed by atoms with Crippen LogP contribution in [-0.2, 0) is 6.42 Å². The summed E-state index contributed by atoms with van der Waals surface area (Å²) in [6.45, 7) is 5.48. The molecule has 1 aliphatic rings. The second-order valence-corrected chi connectivity index (χ2v) is 5.72. The van der Waals surface area contributed by atoms with E-state index >= 15 is 0 Å². The molecule has 0 aliphatic heterocycles. The predicted octanol–water partition coefficient (Wildman–Crippen LogP) is 3.44. The molecule has 1 nitrogen and oxygen atoms in total. The summed E-state index contributed by atoms with van der Waals surface area (Å²) >= 11 is 0. The fraction of sp³-hybridized carbons (Fsp3) is 0.562. The summed E-state index contributed by atoms with van der Waals surface area (Å²) in [5.74, 6) is 3.97. The minimum atomic E-state index is 0.771. The fourth-order valence-electron chi connectivity index (χ4n) is 3.19. The average Bonchev–Trinajstić information content (AvgIpc) is 2.74. The summed E-state index contributed by atoms with van der Waals surface area (Å²) in [4.78, 5) is 0. The van der Waals surface area contributed by atoms with Gasteiger partial charge in [-0.25, -0.2) is 0 Å². The maximum absolute atomic E-state index is 5.81. The summed E-state index contributed by atoms with van der Waals surface area (Å²) in [7, 11) is 0. The van der Waals surface area contributed by atoms with Gasteiger partial charge in [0, 0.05) is 0 Å². The number of hydrogen-bond donors (Lipinski definition) is 1. The Morgan fingerprint density at radius 3 is 2.47 bits per heavy atom. The van der Waals surface area contributed by atoms with Crippen LogP contribution in [0.3, 0.4) is 0 Å². The van der Waals surface area contributed by atoms with Gasteiger partial charge in [-0.05, 0) is 55.0 Å². The molecular formula is C16H24N. The highest BCUT2D eigenvalue weighted by Crippen LogP contribution is 2.42. The molecule has 1 fully saturated rings. The van der Waals surface area contributed by atoms with Crippen molar-refractivity contribution in [3.05, 3.63) is 41.8 Å². The smallest absolute Gasteiger partial charge is 0.00145 e. The second-order valence-electron chi connectivity index (χ2n) is 5.72. The lowest BCUT2D eigenvalue weighted by Crippen LogP contribution is -2.16. The van der Waals surface area contributed by atoms with Crippen LogP contribution in [0.4, 0.5) is 0 Å². The molecule has 0 amide bonds. The van der Waals surface area contributed by atoms with Crippen molar-refractivity contribution in [1.29, 1.82) is 0 Å². The van der Waals surface area contributed by atoms with Crippen molar-refractivity contribution in [3.63, 3.8) is 0 Å². The van der Waals surface area contributed by atoms with E-state index in [9.17, 15) is 0 Å². The molecule has 17 heavy (non-hydrogen) atoms. The Morgan fingerprint density at radius 2 is 1.88 bits per heavy atom. The average molecular weight is 230 g/mol. The van der Waals surface area contributed by atoms with Crippen LogP contribution in [-0.4, -0.2) is 6.54 Å². The summed E-state index contributed by atoms with van der Waals surface area (Å²) in [6, 6.07) is 10.9. The van der Waals surface area contributed by atoms with Crippen molar-refractivity contribution in [2.24, 2.45) is 23.5 Å². The Morgan fingerprint density at radius 1 is 1.18 bits per heavy atom. The van der Waals surface area contributed by atoms with Gasteiger partial charge in [-0.15, -0.1) is 0 Å². The Balaban J connectivity index is 2.03. The first-order valence-corrected chi connectivity index (χ1v) is 6.78. The van der Waals surface area contributed by atoms with E-state index in [1.807, 2.05) is 0 Å². The molecule has 0 spiro atoms. The van der Waals surface area contributed by atoms with Gasteiger partial charge < -0.3 is 5.73 Å². The normalized spacial score (nSPS) is 25.6. The van der Waals surface area contributed by atoms with Crippen LogP contribution in [0.1, 0.15) is 32.3 Å². The zero-order valence-corrected chi connectivity index (χ0v) is 11.0. The molecule has 0 aromatic heterocycles. The maximum Gasteiger partial charge on any atom is -0.00145 e. The van der Waals surface area contributed by atoms with E-state index in [-0.39, 0.29) is 0 Å². The van der Waals surface area contributed by atoms with Gasteiger partial charge in [-0.2, -0.15) is 0 Å². The van der Waals surface area contributed by atoms with Gasteiger partial charge in [0.1, 0.15) is 0 Å². The molecule has 1 radical (unpaired) electrons. The minimum Gasteiger partial charge on any atom is -0.330 e. The molecule has 2 rings (SSSR count). The molecule has 1 aliphatic carbocycles.